The van der Waals surface area contributed by atoms with Crippen molar-refractivity contribution in [1.29, 1.82) is 0 Å². The molecular formula is C57H110O6. The van der Waals surface area contributed by atoms with Crippen LogP contribution in [0.3, 0.4) is 0 Å². The normalized spacial score (nSPS) is 12.0. The van der Waals surface area contributed by atoms with Crippen molar-refractivity contribution in [3.05, 3.63) is 0 Å². The van der Waals surface area contributed by atoms with E-state index < -0.39 is 6.10 Å². The maximum atomic E-state index is 12.8. The molecule has 0 spiro atoms. The largest absolute Gasteiger partial charge is 0.462 e. The molecule has 0 saturated heterocycles. The number of esters is 3. The predicted octanol–water partition coefficient (Wildman–Crippen LogP) is 18.5. The molecule has 0 N–H and O–H groups in total. The van der Waals surface area contributed by atoms with E-state index in [2.05, 4.69) is 34.6 Å². The maximum absolute atomic E-state index is 12.8. The minimum Gasteiger partial charge on any atom is -0.462 e. The van der Waals surface area contributed by atoms with Crippen LogP contribution in [-0.4, -0.2) is 37.2 Å². The molecule has 1 atom stereocenters. The van der Waals surface area contributed by atoms with Gasteiger partial charge in [-0.15, -0.1) is 0 Å². The number of hydrogen-bond donors (Lipinski definition) is 0. The summed E-state index contributed by atoms with van der Waals surface area (Å²) in [6, 6.07) is 0. The van der Waals surface area contributed by atoms with Crippen LogP contribution >= 0.6 is 0 Å². The molecule has 0 aromatic heterocycles. The molecule has 0 heterocycles. The van der Waals surface area contributed by atoms with Gasteiger partial charge in [0.1, 0.15) is 13.2 Å². The summed E-state index contributed by atoms with van der Waals surface area (Å²) in [6.45, 7) is 11.3. The number of unbranched alkanes of at least 4 members (excludes halogenated alkanes) is 36. The van der Waals surface area contributed by atoms with Gasteiger partial charge in [-0.1, -0.05) is 279 Å². The highest BCUT2D eigenvalue weighted by atomic mass is 16.6. The SMILES string of the molecule is CCCCCCCCCCCCCCCCCCCCCC(=O)OC[C@@H](COC(=O)CCCCCCCCCCCCCCCCC(C)C)OC(=O)CCCCCCCCC(C)C. The molecule has 0 fully saturated rings. The number of carbonyl (C=O) groups is 3. The summed E-state index contributed by atoms with van der Waals surface area (Å²) in [5.41, 5.74) is 0. The molecular weight excluding hydrogens is 781 g/mol. The first-order valence-electron chi connectivity index (χ1n) is 28.2. The van der Waals surface area contributed by atoms with Gasteiger partial charge >= 0.3 is 17.9 Å². The third-order valence-electron chi connectivity index (χ3n) is 13.0. The molecule has 0 radical (unpaired) electrons. The minimum absolute atomic E-state index is 0.0642. The standard InChI is InChI=1S/C57H110O6/c1-6-7-8-9-10-11-12-13-14-15-16-17-18-22-25-28-31-37-42-47-55(58)61-50-54(63-57(60)49-44-39-34-33-36-41-46-53(4)5)51-62-56(59)48-43-38-32-29-26-23-20-19-21-24-27-30-35-40-45-52(2)3/h52-54H,6-51H2,1-5H3/t54-/m0/s1. The summed E-state index contributed by atoms with van der Waals surface area (Å²) < 4.78 is 16.8. The second-order valence-electron chi connectivity index (χ2n) is 20.5. The number of carbonyl (C=O) groups excluding carboxylic acids is 3. The van der Waals surface area contributed by atoms with Gasteiger partial charge in [-0.05, 0) is 31.1 Å². The van der Waals surface area contributed by atoms with Crippen molar-refractivity contribution >= 4 is 17.9 Å². The van der Waals surface area contributed by atoms with Gasteiger partial charge in [0.05, 0.1) is 0 Å². The van der Waals surface area contributed by atoms with Crippen LogP contribution < -0.4 is 0 Å². The second-order valence-corrected chi connectivity index (χ2v) is 20.5. The Bertz CT molecular complexity index is 962. The fraction of sp³-hybridized carbons (Fsp3) is 0.947. The Labute approximate surface area is 393 Å². The number of rotatable bonds is 51. The van der Waals surface area contributed by atoms with Crippen molar-refractivity contribution in [2.45, 2.75) is 323 Å². The summed E-state index contributed by atoms with van der Waals surface area (Å²) in [6.07, 6.45) is 52.6. The van der Waals surface area contributed by atoms with Crippen molar-refractivity contribution in [1.82, 2.24) is 0 Å². The molecule has 0 amide bonds. The molecule has 0 aromatic carbocycles. The van der Waals surface area contributed by atoms with Gasteiger partial charge in [0.15, 0.2) is 6.10 Å². The van der Waals surface area contributed by atoms with E-state index in [0.717, 1.165) is 69.6 Å². The van der Waals surface area contributed by atoms with Gasteiger partial charge < -0.3 is 14.2 Å². The second kappa shape index (κ2) is 49.8. The third kappa shape index (κ3) is 51.3. The zero-order chi connectivity index (χ0) is 46.1. The number of hydrogen-bond acceptors (Lipinski definition) is 6. The summed E-state index contributed by atoms with van der Waals surface area (Å²) >= 11 is 0. The lowest BCUT2D eigenvalue weighted by Crippen LogP contribution is -2.30. The van der Waals surface area contributed by atoms with Gasteiger partial charge in [-0.3, -0.25) is 14.4 Å². The van der Waals surface area contributed by atoms with Crippen LogP contribution in [0.5, 0.6) is 0 Å². The van der Waals surface area contributed by atoms with Crippen LogP contribution in [0.15, 0.2) is 0 Å². The van der Waals surface area contributed by atoms with Crippen molar-refractivity contribution in [2.75, 3.05) is 13.2 Å². The van der Waals surface area contributed by atoms with Gasteiger partial charge in [0.25, 0.3) is 0 Å². The molecule has 63 heavy (non-hydrogen) atoms. The van der Waals surface area contributed by atoms with Crippen molar-refractivity contribution in [3.63, 3.8) is 0 Å². The summed E-state index contributed by atoms with van der Waals surface area (Å²) in [4.78, 5) is 38.0. The first-order chi connectivity index (χ1) is 30.7. The molecule has 0 aliphatic heterocycles. The molecule has 374 valence electrons. The molecule has 0 saturated carbocycles. The lowest BCUT2D eigenvalue weighted by Gasteiger charge is -2.18. The Morgan fingerprint density at radius 1 is 0.302 bits per heavy atom. The Morgan fingerprint density at radius 2 is 0.524 bits per heavy atom. The molecule has 6 nitrogen and oxygen atoms in total. The Morgan fingerprint density at radius 3 is 0.778 bits per heavy atom. The van der Waals surface area contributed by atoms with Crippen molar-refractivity contribution in [2.24, 2.45) is 11.8 Å². The highest BCUT2D eigenvalue weighted by Gasteiger charge is 2.19. The predicted molar refractivity (Wildman–Crippen MR) is 270 cm³/mol. The van der Waals surface area contributed by atoms with Crippen LogP contribution in [0.1, 0.15) is 317 Å². The van der Waals surface area contributed by atoms with Crippen molar-refractivity contribution in [3.8, 4) is 0 Å². The first-order valence-corrected chi connectivity index (χ1v) is 28.2. The quantitative estimate of drug-likeness (QED) is 0.0344. The lowest BCUT2D eigenvalue weighted by molar-refractivity contribution is -0.167. The van der Waals surface area contributed by atoms with E-state index >= 15 is 0 Å². The summed E-state index contributed by atoms with van der Waals surface area (Å²) in [5, 5.41) is 0. The minimum atomic E-state index is -0.763. The van der Waals surface area contributed by atoms with Gasteiger partial charge in [0, 0.05) is 19.3 Å². The molecule has 6 heteroatoms. The van der Waals surface area contributed by atoms with Gasteiger partial charge in [-0.25, -0.2) is 0 Å². The summed E-state index contributed by atoms with van der Waals surface area (Å²) in [5.74, 6) is 0.755. The fourth-order valence-corrected chi connectivity index (χ4v) is 8.70. The van der Waals surface area contributed by atoms with Crippen LogP contribution in [0.4, 0.5) is 0 Å². The fourth-order valence-electron chi connectivity index (χ4n) is 8.70. The smallest absolute Gasteiger partial charge is 0.306 e. The topological polar surface area (TPSA) is 78.9 Å². The highest BCUT2D eigenvalue weighted by Crippen LogP contribution is 2.18. The maximum Gasteiger partial charge on any atom is 0.306 e. The van der Waals surface area contributed by atoms with Crippen molar-refractivity contribution < 1.29 is 28.6 Å². The Balaban J connectivity index is 4.18. The first kappa shape index (κ1) is 61.4. The summed E-state index contributed by atoms with van der Waals surface area (Å²) in [7, 11) is 0. The molecule has 0 aliphatic rings. The van der Waals surface area contributed by atoms with Crippen LogP contribution in [0, 0.1) is 11.8 Å². The van der Waals surface area contributed by atoms with E-state index in [1.165, 1.54) is 205 Å². The van der Waals surface area contributed by atoms with Gasteiger partial charge in [-0.2, -0.15) is 0 Å². The zero-order valence-electron chi connectivity index (χ0n) is 43.2. The molecule has 0 unspecified atom stereocenters. The van der Waals surface area contributed by atoms with Crippen LogP contribution in [-0.2, 0) is 28.6 Å². The highest BCUT2D eigenvalue weighted by molar-refractivity contribution is 5.71. The molecule has 0 bridgehead atoms. The van der Waals surface area contributed by atoms with E-state index in [1.54, 1.807) is 0 Å². The molecule has 0 rings (SSSR count). The van der Waals surface area contributed by atoms with Gasteiger partial charge in [0.2, 0.25) is 0 Å². The molecule has 0 aliphatic carbocycles. The average molecular weight is 892 g/mol. The lowest BCUT2D eigenvalue weighted by atomic mass is 10.0. The Hall–Kier alpha value is -1.59. The van der Waals surface area contributed by atoms with E-state index in [1.807, 2.05) is 0 Å². The van der Waals surface area contributed by atoms with Crippen LogP contribution in [0.25, 0.3) is 0 Å². The molecule has 0 aromatic rings. The average Bonchev–Trinajstić information content (AvgIpc) is 3.25. The third-order valence-corrected chi connectivity index (χ3v) is 13.0. The van der Waals surface area contributed by atoms with Crippen LogP contribution in [0.2, 0.25) is 0 Å². The van der Waals surface area contributed by atoms with E-state index in [-0.39, 0.29) is 31.1 Å². The number of ether oxygens (including phenoxy) is 3. The Kier molecular flexibility index (Phi) is 48.6. The van der Waals surface area contributed by atoms with E-state index in [4.69, 9.17) is 14.2 Å². The zero-order valence-corrected chi connectivity index (χ0v) is 43.2. The van der Waals surface area contributed by atoms with E-state index in [9.17, 15) is 14.4 Å². The monoisotopic (exact) mass is 891 g/mol. The van der Waals surface area contributed by atoms with E-state index in [0.29, 0.717) is 19.3 Å².